The lowest BCUT2D eigenvalue weighted by Crippen LogP contribution is -2.39. The van der Waals surface area contributed by atoms with Crippen molar-refractivity contribution in [3.8, 4) is 11.5 Å². The second-order valence-electron chi connectivity index (χ2n) is 8.76. The highest BCUT2D eigenvalue weighted by Gasteiger charge is 2.26. The van der Waals surface area contributed by atoms with Crippen molar-refractivity contribution in [2.75, 3.05) is 33.5 Å². The number of aliphatic hydroxyl groups is 1. The minimum absolute atomic E-state index is 0.147. The van der Waals surface area contributed by atoms with E-state index in [4.69, 9.17) is 30.8 Å². The molecule has 0 radical (unpaired) electrons. The number of hydrogen-bond donors (Lipinski definition) is 4. The second-order valence-corrected chi connectivity index (χ2v) is 8.76. The van der Waals surface area contributed by atoms with E-state index in [1.54, 1.807) is 14.0 Å². The number of hydrogen-bond acceptors (Lipinski definition) is 7. The summed E-state index contributed by atoms with van der Waals surface area (Å²) >= 11 is 0. The second kappa shape index (κ2) is 15.1. The number of carbonyl (C=O) groups is 1. The predicted octanol–water partition coefficient (Wildman–Crippen LogP) is 2.44. The van der Waals surface area contributed by atoms with Gasteiger partial charge in [-0.3, -0.25) is 4.79 Å². The summed E-state index contributed by atoms with van der Waals surface area (Å²) in [6.07, 6.45) is 1.43. The summed E-state index contributed by atoms with van der Waals surface area (Å²) in [6.45, 7) is 7.80. The predicted molar refractivity (Wildman–Crippen MR) is 125 cm³/mol. The number of carboxylic acids is 1. The fourth-order valence-corrected chi connectivity index (χ4v) is 3.50. The highest BCUT2D eigenvalue weighted by atomic mass is 16.5. The number of carboxylic acid groups (broad SMARTS) is 1. The average molecular weight is 455 g/mol. The van der Waals surface area contributed by atoms with Crippen LogP contribution in [0.25, 0.3) is 0 Å². The van der Waals surface area contributed by atoms with Crippen molar-refractivity contribution in [1.82, 2.24) is 0 Å². The SMILES string of the molecule is COCCCOc1cc(CC(CC(N)C(O)CC(C)C(=O)O)C(C)C)ccc1OCCN. The Kier molecular flexibility index (Phi) is 13.2. The van der Waals surface area contributed by atoms with E-state index in [9.17, 15) is 9.90 Å². The van der Waals surface area contributed by atoms with E-state index in [-0.39, 0.29) is 12.3 Å². The zero-order valence-corrected chi connectivity index (χ0v) is 20.0. The van der Waals surface area contributed by atoms with E-state index in [1.165, 1.54) is 0 Å². The Morgan fingerprint density at radius 2 is 1.75 bits per heavy atom. The molecule has 0 bridgehead atoms. The maximum atomic E-state index is 11.1. The smallest absolute Gasteiger partial charge is 0.306 e. The number of rotatable bonds is 17. The van der Waals surface area contributed by atoms with Crippen LogP contribution >= 0.6 is 0 Å². The van der Waals surface area contributed by atoms with Crippen LogP contribution in [0.2, 0.25) is 0 Å². The molecule has 0 aliphatic rings. The van der Waals surface area contributed by atoms with Gasteiger partial charge in [-0.15, -0.1) is 0 Å². The van der Waals surface area contributed by atoms with Gasteiger partial charge < -0.3 is 35.9 Å². The molecule has 1 rings (SSSR count). The third-order valence-corrected chi connectivity index (χ3v) is 5.66. The van der Waals surface area contributed by atoms with Gasteiger partial charge in [0.05, 0.1) is 18.6 Å². The van der Waals surface area contributed by atoms with Gasteiger partial charge in [0.15, 0.2) is 11.5 Å². The summed E-state index contributed by atoms with van der Waals surface area (Å²) in [6, 6.07) is 5.42. The van der Waals surface area contributed by atoms with Crippen LogP contribution in [0.1, 0.15) is 45.6 Å². The van der Waals surface area contributed by atoms with Gasteiger partial charge in [0.1, 0.15) is 6.61 Å². The summed E-state index contributed by atoms with van der Waals surface area (Å²) < 4.78 is 16.7. The van der Waals surface area contributed by atoms with Crippen LogP contribution in [0.15, 0.2) is 18.2 Å². The van der Waals surface area contributed by atoms with Crippen molar-refractivity contribution < 1.29 is 29.2 Å². The maximum absolute atomic E-state index is 11.1. The van der Waals surface area contributed by atoms with Gasteiger partial charge in [0.2, 0.25) is 0 Å². The summed E-state index contributed by atoms with van der Waals surface area (Å²) in [4.78, 5) is 11.1. The average Bonchev–Trinajstić information content (AvgIpc) is 2.75. The van der Waals surface area contributed by atoms with Crippen molar-refractivity contribution in [3.05, 3.63) is 23.8 Å². The number of aliphatic carboxylic acids is 1. The van der Waals surface area contributed by atoms with Gasteiger partial charge in [0, 0.05) is 32.7 Å². The van der Waals surface area contributed by atoms with Gasteiger partial charge in [0.25, 0.3) is 0 Å². The molecular weight excluding hydrogens is 412 g/mol. The zero-order valence-electron chi connectivity index (χ0n) is 20.0. The standard InChI is InChI=1S/C24H42N2O6/c1-16(2)19(15-20(26)21(27)12-17(3)24(28)29)13-18-6-7-22(32-11-8-25)23(14-18)31-10-5-9-30-4/h6-7,14,16-17,19-21,27H,5,8-13,15,25-26H2,1-4H3,(H,28,29). The topological polar surface area (TPSA) is 137 Å². The molecule has 0 amide bonds. The summed E-state index contributed by atoms with van der Waals surface area (Å²) in [5.74, 6) is 0.335. The fourth-order valence-electron chi connectivity index (χ4n) is 3.50. The molecule has 1 aromatic rings. The summed E-state index contributed by atoms with van der Waals surface area (Å²) in [5, 5.41) is 19.5. The molecule has 0 saturated carbocycles. The quantitative estimate of drug-likeness (QED) is 0.263. The number of aliphatic hydroxyl groups excluding tert-OH is 1. The third-order valence-electron chi connectivity index (χ3n) is 5.66. The molecule has 0 fully saturated rings. The van der Waals surface area contributed by atoms with E-state index in [1.807, 2.05) is 18.2 Å². The van der Waals surface area contributed by atoms with Gasteiger partial charge in [-0.2, -0.15) is 0 Å². The van der Waals surface area contributed by atoms with Crippen molar-refractivity contribution in [2.24, 2.45) is 29.2 Å². The minimum atomic E-state index is -0.924. The zero-order chi connectivity index (χ0) is 24.1. The lowest BCUT2D eigenvalue weighted by Gasteiger charge is -2.28. The highest BCUT2D eigenvalue weighted by Crippen LogP contribution is 2.31. The van der Waals surface area contributed by atoms with Gasteiger partial charge in [-0.1, -0.05) is 26.8 Å². The van der Waals surface area contributed by atoms with Crippen molar-refractivity contribution >= 4 is 5.97 Å². The van der Waals surface area contributed by atoms with E-state index in [2.05, 4.69) is 13.8 Å². The van der Waals surface area contributed by atoms with Gasteiger partial charge >= 0.3 is 5.97 Å². The Balaban J connectivity index is 2.87. The van der Waals surface area contributed by atoms with Crippen LogP contribution in [-0.4, -0.2) is 61.8 Å². The molecule has 0 aliphatic carbocycles. The molecule has 8 nitrogen and oxygen atoms in total. The van der Waals surface area contributed by atoms with Crippen molar-refractivity contribution in [1.29, 1.82) is 0 Å². The largest absolute Gasteiger partial charge is 0.490 e. The maximum Gasteiger partial charge on any atom is 0.306 e. The fraction of sp³-hybridized carbons (Fsp3) is 0.708. The summed E-state index contributed by atoms with van der Waals surface area (Å²) in [5.41, 5.74) is 12.9. The lowest BCUT2D eigenvalue weighted by molar-refractivity contribution is -0.142. The Morgan fingerprint density at radius 1 is 1.06 bits per heavy atom. The molecule has 0 spiro atoms. The molecular formula is C24H42N2O6. The molecule has 0 saturated heterocycles. The first-order valence-electron chi connectivity index (χ1n) is 11.4. The summed E-state index contributed by atoms with van der Waals surface area (Å²) in [7, 11) is 1.66. The normalized spacial score (nSPS) is 15.2. The molecule has 4 atom stereocenters. The van der Waals surface area contributed by atoms with Crippen molar-refractivity contribution in [3.63, 3.8) is 0 Å². The van der Waals surface area contributed by atoms with Gasteiger partial charge in [-0.05, 0) is 48.8 Å². The molecule has 8 heteroatoms. The minimum Gasteiger partial charge on any atom is -0.490 e. The highest BCUT2D eigenvalue weighted by molar-refractivity contribution is 5.69. The first-order valence-corrected chi connectivity index (χ1v) is 11.4. The molecule has 32 heavy (non-hydrogen) atoms. The number of nitrogens with two attached hydrogens (primary N) is 2. The van der Waals surface area contributed by atoms with Crippen LogP contribution in [-0.2, 0) is 16.0 Å². The Labute approximate surface area is 192 Å². The van der Waals surface area contributed by atoms with Gasteiger partial charge in [-0.25, -0.2) is 0 Å². The molecule has 0 aromatic heterocycles. The Morgan fingerprint density at radius 3 is 2.34 bits per heavy atom. The van der Waals surface area contributed by atoms with Crippen LogP contribution in [0.3, 0.4) is 0 Å². The third kappa shape index (κ3) is 10.2. The van der Waals surface area contributed by atoms with E-state index in [0.29, 0.717) is 50.2 Å². The van der Waals surface area contributed by atoms with E-state index < -0.39 is 24.0 Å². The Hall–Kier alpha value is -1.87. The van der Waals surface area contributed by atoms with Crippen LogP contribution in [0.4, 0.5) is 0 Å². The molecule has 184 valence electrons. The van der Waals surface area contributed by atoms with Crippen LogP contribution < -0.4 is 20.9 Å². The monoisotopic (exact) mass is 454 g/mol. The van der Waals surface area contributed by atoms with Crippen molar-refractivity contribution in [2.45, 2.75) is 58.6 Å². The van der Waals surface area contributed by atoms with E-state index in [0.717, 1.165) is 18.4 Å². The molecule has 0 aliphatic heterocycles. The van der Waals surface area contributed by atoms with Crippen LogP contribution in [0, 0.1) is 17.8 Å². The first kappa shape index (κ1) is 28.2. The van der Waals surface area contributed by atoms with E-state index >= 15 is 0 Å². The molecule has 6 N–H and O–H groups in total. The number of ether oxygens (including phenoxy) is 3. The first-order chi connectivity index (χ1) is 15.2. The Bertz CT molecular complexity index is 670. The molecule has 4 unspecified atom stereocenters. The van der Waals surface area contributed by atoms with Crippen LogP contribution in [0.5, 0.6) is 11.5 Å². The number of methoxy groups -OCH3 is 1. The number of benzene rings is 1. The molecule has 1 aromatic carbocycles. The lowest BCUT2D eigenvalue weighted by atomic mass is 9.82. The molecule has 0 heterocycles.